The highest BCUT2D eigenvalue weighted by molar-refractivity contribution is 7.26. The molecule has 9 rings (SSSR count). The largest absolute Gasteiger partial charge is 0.422 e. The zero-order valence-corrected chi connectivity index (χ0v) is 20.4. The maximum absolute atomic E-state index is 6.69. The van der Waals surface area contributed by atoms with Crippen LogP contribution in [0.1, 0.15) is 0 Å². The monoisotopic (exact) mass is 490 g/mol. The molecule has 0 N–H and O–H groups in total. The first-order valence-corrected chi connectivity index (χ1v) is 13.2. The highest BCUT2D eigenvalue weighted by Gasteiger charge is 2.21. The summed E-state index contributed by atoms with van der Waals surface area (Å²) in [6.45, 7) is 0. The van der Waals surface area contributed by atoms with Crippen LogP contribution in [0.3, 0.4) is 0 Å². The topological polar surface area (TPSA) is 31.0 Å². The molecule has 6 aromatic carbocycles. The van der Waals surface area contributed by atoms with E-state index in [1.54, 1.807) is 11.3 Å². The molecule has 0 amide bonds. The van der Waals surface area contributed by atoms with E-state index in [-0.39, 0.29) is 0 Å². The van der Waals surface area contributed by atoms with Crippen LogP contribution >= 0.6 is 11.3 Å². The van der Waals surface area contributed by atoms with E-state index in [4.69, 9.17) is 9.40 Å². The van der Waals surface area contributed by atoms with E-state index in [0.29, 0.717) is 6.01 Å². The van der Waals surface area contributed by atoms with Gasteiger partial charge < -0.3 is 4.42 Å². The predicted molar refractivity (Wildman–Crippen MR) is 156 cm³/mol. The van der Waals surface area contributed by atoms with Gasteiger partial charge in [0.15, 0.2) is 5.58 Å². The minimum absolute atomic E-state index is 0.600. The van der Waals surface area contributed by atoms with Crippen molar-refractivity contribution in [3.63, 3.8) is 0 Å². The summed E-state index contributed by atoms with van der Waals surface area (Å²) in [6, 6.07) is 39.4. The third kappa shape index (κ3) is 2.52. The molecule has 0 saturated carbocycles. The first kappa shape index (κ1) is 19.5. The Hall–Kier alpha value is -4.67. The molecule has 3 heterocycles. The Morgan fingerprint density at radius 2 is 1.16 bits per heavy atom. The molecule has 37 heavy (non-hydrogen) atoms. The Bertz CT molecular complexity index is 2280. The second kappa shape index (κ2) is 6.96. The van der Waals surface area contributed by atoms with Gasteiger partial charge in [0, 0.05) is 30.9 Å². The number of hydrogen-bond donors (Lipinski definition) is 0. The van der Waals surface area contributed by atoms with E-state index in [9.17, 15) is 0 Å². The van der Waals surface area contributed by atoms with Gasteiger partial charge in [-0.1, -0.05) is 78.9 Å². The molecule has 0 saturated heterocycles. The molecule has 0 unspecified atom stereocenters. The standard InChI is InChI=1S/C33H18N2OS/c1-3-9-21-19(7-1)13-16-25-29(21)30-22-10-4-2-8-20(22)14-17-26(30)35(25)33-34-24-15-18-28-31(32(24)36-33)23-11-5-6-12-27(23)37-28/h1-18H. The molecule has 0 aliphatic rings. The van der Waals surface area contributed by atoms with Crippen LogP contribution in [0.4, 0.5) is 0 Å². The summed E-state index contributed by atoms with van der Waals surface area (Å²) < 4.78 is 11.4. The van der Waals surface area contributed by atoms with Gasteiger partial charge in [-0.15, -0.1) is 11.3 Å². The van der Waals surface area contributed by atoms with Crippen LogP contribution in [0.2, 0.25) is 0 Å². The normalized spacial score (nSPS) is 12.3. The number of hydrogen-bond acceptors (Lipinski definition) is 3. The van der Waals surface area contributed by atoms with Crippen LogP contribution in [0, 0.1) is 0 Å². The SMILES string of the molecule is c1ccc2c(c1)ccc1c2c2c3ccccc3ccc2n1-c1nc2ccc3sc4ccccc4c3c2o1. The van der Waals surface area contributed by atoms with E-state index >= 15 is 0 Å². The molecule has 0 fully saturated rings. The Balaban J connectivity index is 1.48. The Morgan fingerprint density at radius 1 is 0.541 bits per heavy atom. The summed E-state index contributed by atoms with van der Waals surface area (Å²) in [5.41, 5.74) is 3.93. The van der Waals surface area contributed by atoms with E-state index in [2.05, 4.69) is 114 Å². The molecular formula is C33H18N2OS. The van der Waals surface area contributed by atoms with Crippen molar-refractivity contribution in [2.45, 2.75) is 0 Å². The van der Waals surface area contributed by atoms with Crippen LogP contribution in [0.15, 0.2) is 114 Å². The molecule has 3 nitrogen and oxygen atoms in total. The number of thiophene rings is 1. The zero-order valence-electron chi connectivity index (χ0n) is 19.6. The fraction of sp³-hybridized carbons (Fsp3) is 0. The van der Waals surface area contributed by atoms with Gasteiger partial charge >= 0.3 is 6.01 Å². The lowest BCUT2D eigenvalue weighted by atomic mass is 10.00. The van der Waals surface area contributed by atoms with Crippen molar-refractivity contribution in [3.05, 3.63) is 109 Å². The Morgan fingerprint density at radius 3 is 1.86 bits per heavy atom. The smallest absolute Gasteiger partial charge is 0.307 e. The fourth-order valence-electron chi connectivity index (χ4n) is 6.03. The third-order valence-corrected chi connectivity index (χ3v) is 8.76. The predicted octanol–water partition coefficient (Wildman–Crippen LogP) is 9.60. The maximum Gasteiger partial charge on any atom is 0.307 e. The average molecular weight is 491 g/mol. The van der Waals surface area contributed by atoms with Crippen molar-refractivity contribution in [2.75, 3.05) is 0 Å². The van der Waals surface area contributed by atoms with Gasteiger partial charge in [0.05, 0.1) is 11.0 Å². The van der Waals surface area contributed by atoms with E-state index < -0.39 is 0 Å². The average Bonchev–Trinajstić information content (AvgIpc) is 3.63. The molecule has 3 aromatic heterocycles. The molecule has 0 aliphatic carbocycles. The highest BCUT2D eigenvalue weighted by atomic mass is 32.1. The van der Waals surface area contributed by atoms with Crippen molar-refractivity contribution in [2.24, 2.45) is 0 Å². The quantitative estimate of drug-likeness (QED) is 0.229. The molecule has 9 aromatic rings. The zero-order chi connectivity index (χ0) is 24.1. The van der Waals surface area contributed by atoms with Crippen molar-refractivity contribution < 1.29 is 4.42 Å². The van der Waals surface area contributed by atoms with Gasteiger partial charge in [0.25, 0.3) is 0 Å². The van der Waals surface area contributed by atoms with E-state index in [0.717, 1.165) is 27.5 Å². The minimum atomic E-state index is 0.600. The molecule has 4 heteroatoms. The Labute approximate surface area is 214 Å². The van der Waals surface area contributed by atoms with Gasteiger partial charge in [-0.3, -0.25) is 4.57 Å². The van der Waals surface area contributed by atoms with Gasteiger partial charge in [0.1, 0.15) is 5.52 Å². The van der Waals surface area contributed by atoms with Crippen LogP contribution in [-0.4, -0.2) is 9.55 Å². The molecule has 0 spiro atoms. The van der Waals surface area contributed by atoms with Crippen LogP contribution in [0.25, 0.3) is 80.6 Å². The van der Waals surface area contributed by atoms with Crippen molar-refractivity contribution in [1.29, 1.82) is 0 Å². The molecular weight excluding hydrogens is 472 g/mol. The first-order valence-electron chi connectivity index (χ1n) is 12.4. The van der Waals surface area contributed by atoms with Gasteiger partial charge in [-0.25, -0.2) is 0 Å². The summed E-state index contributed by atoms with van der Waals surface area (Å²) in [6.07, 6.45) is 0. The van der Waals surface area contributed by atoms with Crippen molar-refractivity contribution in [1.82, 2.24) is 9.55 Å². The summed E-state index contributed by atoms with van der Waals surface area (Å²) in [4.78, 5) is 5.05. The van der Waals surface area contributed by atoms with Crippen molar-refractivity contribution >= 4 is 86.0 Å². The van der Waals surface area contributed by atoms with Gasteiger partial charge in [-0.2, -0.15) is 4.98 Å². The van der Waals surface area contributed by atoms with Crippen LogP contribution in [0.5, 0.6) is 0 Å². The van der Waals surface area contributed by atoms with Gasteiger partial charge in [-0.05, 0) is 51.9 Å². The summed E-state index contributed by atoms with van der Waals surface area (Å²) in [7, 11) is 0. The molecule has 0 radical (unpaired) electrons. The molecule has 0 aliphatic heterocycles. The number of oxazole rings is 1. The number of nitrogens with zero attached hydrogens (tertiary/aromatic N) is 2. The van der Waals surface area contributed by atoms with E-state index in [1.807, 2.05) is 0 Å². The molecule has 0 bridgehead atoms. The van der Waals surface area contributed by atoms with E-state index in [1.165, 1.54) is 47.1 Å². The van der Waals surface area contributed by atoms with Crippen LogP contribution < -0.4 is 0 Å². The number of aromatic nitrogens is 2. The lowest BCUT2D eigenvalue weighted by molar-refractivity contribution is 0.577. The van der Waals surface area contributed by atoms with Crippen molar-refractivity contribution in [3.8, 4) is 6.01 Å². The lowest BCUT2D eigenvalue weighted by Crippen LogP contribution is -1.93. The number of benzene rings is 6. The second-order valence-corrected chi connectivity index (χ2v) is 10.7. The molecule has 172 valence electrons. The Kier molecular flexibility index (Phi) is 3.67. The second-order valence-electron chi connectivity index (χ2n) is 9.58. The number of rotatable bonds is 1. The minimum Gasteiger partial charge on any atom is -0.422 e. The molecule has 0 atom stereocenters. The van der Waals surface area contributed by atoms with Crippen LogP contribution in [-0.2, 0) is 0 Å². The van der Waals surface area contributed by atoms with Gasteiger partial charge in [0.2, 0.25) is 0 Å². The summed E-state index contributed by atoms with van der Waals surface area (Å²) in [5.74, 6) is 0. The lowest BCUT2D eigenvalue weighted by Gasteiger charge is -2.03. The summed E-state index contributed by atoms with van der Waals surface area (Å²) >= 11 is 1.80. The maximum atomic E-state index is 6.69. The third-order valence-electron chi connectivity index (χ3n) is 7.62. The number of fused-ring (bicyclic) bond motifs is 12. The first-order chi connectivity index (χ1) is 18.3. The summed E-state index contributed by atoms with van der Waals surface area (Å²) in [5, 5.41) is 9.77. The highest BCUT2D eigenvalue weighted by Crippen LogP contribution is 2.42. The fourth-order valence-corrected chi connectivity index (χ4v) is 7.14.